The molecule has 4 unspecified atom stereocenters. The van der Waals surface area contributed by atoms with Crippen molar-refractivity contribution in [3.05, 3.63) is 29.8 Å². The molecule has 0 spiro atoms. The van der Waals surface area contributed by atoms with Gasteiger partial charge in [-0.1, -0.05) is 26.0 Å². The Labute approximate surface area is 124 Å². The number of benzene rings is 1. The van der Waals surface area contributed by atoms with Crippen LogP contribution in [-0.2, 0) is 0 Å². The zero-order chi connectivity index (χ0) is 13.8. The van der Waals surface area contributed by atoms with E-state index in [2.05, 4.69) is 31.4 Å². The van der Waals surface area contributed by atoms with E-state index in [4.69, 9.17) is 10.6 Å². The van der Waals surface area contributed by atoms with Crippen LogP contribution in [0.4, 0.5) is 0 Å². The molecule has 0 amide bonds. The van der Waals surface area contributed by atoms with Crippen molar-refractivity contribution >= 4 is 23.5 Å². The highest BCUT2D eigenvalue weighted by Gasteiger charge is 2.31. The van der Waals surface area contributed by atoms with Gasteiger partial charge in [-0.15, -0.1) is 0 Å². The van der Waals surface area contributed by atoms with E-state index in [0.717, 1.165) is 16.8 Å². The van der Waals surface area contributed by atoms with Crippen LogP contribution >= 0.6 is 23.5 Å². The van der Waals surface area contributed by atoms with E-state index in [0.29, 0.717) is 10.5 Å². The van der Waals surface area contributed by atoms with Gasteiger partial charge < -0.3 is 4.74 Å². The first kappa shape index (κ1) is 15.0. The molecule has 1 heterocycles. The van der Waals surface area contributed by atoms with E-state index in [1.165, 1.54) is 5.56 Å². The molecule has 1 saturated heterocycles. The van der Waals surface area contributed by atoms with Crippen LogP contribution in [0.3, 0.4) is 0 Å². The summed E-state index contributed by atoms with van der Waals surface area (Å²) in [5.74, 6) is 7.80. The van der Waals surface area contributed by atoms with Crippen molar-refractivity contribution in [1.29, 1.82) is 0 Å². The third kappa shape index (κ3) is 3.60. The van der Waals surface area contributed by atoms with Gasteiger partial charge >= 0.3 is 0 Å². The minimum Gasteiger partial charge on any atom is -0.497 e. The fourth-order valence-electron chi connectivity index (χ4n) is 2.21. The lowest BCUT2D eigenvalue weighted by Gasteiger charge is -2.35. The summed E-state index contributed by atoms with van der Waals surface area (Å²) in [5, 5.41) is 1.89. The summed E-state index contributed by atoms with van der Waals surface area (Å²) >= 11 is 4.08. The summed E-state index contributed by atoms with van der Waals surface area (Å²) in [5.41, 5.74) is 4.21. The van der Waals surface area contributed by atoms with Crippen molar-refractivity contribution in [2.24, 2.45) is 5.84 Å². The maximum Gasteiger partial charge on any atom is 0.118 e. The van der Waals surface area contributed by atoms with Gasteiger partial charge in [0.05, 0.1) is 13.2 Å². The highest BCUT2D eigenvalue weighted by Crippen LogP contribution is 2.40. The molecule has 5 heteroatoms. The topological polar surface area (TPSA) is 47.3 Å². The molecule has 0 radical (unpaired) electrons. The number of nitrogens with two attached hydrogens (primary N) is 1. The number of thioether (sulfide) groups is 2. The Bertz CT molecular complexity index is 399. The van der Waals surface area contributed by atoms with E-state index in [1.54, 1.807) is 7.11 Å². The molecule has 106 valence electrons. The fraction of sp³-hybridized carbons (Fsp3) is 0.571. The highest BCUT2D eigenvalue weighted by atomic mass is 32.2. The van der Waals surface area contributed by atoms with Crippen molar-refractivity contribution in [2.45, 2.75) is 35.6 Å². The van der Waals surface area contributed by atoms with E-state index in [1.807, 2.05) is 35.7 Å². The monoisotopic (exact) mass is 298 g/mol. The molecule has 0 aromatic heterocycles. The molecule has 0 saturated carbocycles. The van der Waals surface area contributed by atoms with Gasteiger partial charge in [0.15, 0.2) is 0 Å². The van der Waals surface area contributed by atoms with Gasteiger partial charge in [-0.2, -0.15) is 23.5 Å². The zero-order valence-electron chi connectivity index (χ0n) is 11.6. The largest absolute Gasteiger partial charge is 0.497 e. The van der Waals surface area contributed by atoms with Crippen LogP contribution in [0.2, 0.25) is 0 Å². The number of rotatable bonds is 4. The molecule has 4 atom stereocenters. The Morgan fingerprint density at radius 1 is 1.26 bits per heavy atom. The molecule has 3 nitrogen and oxygen atoms in total. The minimum atomic E-state index is 0.193. The molecule has 3 N–H and O–H groups in total. The number of hydrazine groups is 1. The van der Waals surface area contributed by atoms with Crippen molar-refractivity contribution in [2.75, 3.05) is 12.9 Å². The molecule has 19 heavy (non-hydrogen) atoms. The van der Waals surface area contributed by atoms with E-state index in [-0.39, 0.29) is 6.04 Å². The van der Waals surface area contributed by atoms with Gasteiger partial charge in [-0.05, 0) is 17.7 Å². The summed E-state index contributed by atoms with van der Waals surface area (Å²) in [7, 11) is 1.68. The minimum absolute atomic E-state index is 0.193. The Balaban J connectivity index is 2.10. The normalized spacial score (nSPS) is 28.9. The van der Waals surface area contributed by atoms with Gasteiger partial charge in [-0.25, -0.2) is 0 Å². The third-order valence-corrected chi connectivity index (χ3v) is 7.09. The van der Waals surface area contributed by atoms with Gasteiger partial charge in [-0.3, -0.25) is 11.3 Å². The standard InChI is InChI=1S/C14H22N2OS2/c1-9-10(2)19-13(8-18-9)14(16-15)11-4-6-12(17-3)7-5-11/h4-7,9-10,13-14,16H,8,15H2,1-3H3. The molecule has 1 aliphatic heterocycles. The van der Waals surface area contributed by atoms with Crippen molar-refractivity contribution in [3.8, 4) is 5.75 Å². The van der Waals surface area contributed by atoms with Crippen molar-refractivity contribution in [1.82, 2.24) is 5.43 Å². The summed E-state index contributed by atoms with van der Waals surface area (Å²) in [6, 6.07) is 8.37. The highest BCUT2D eigenvalue weighted by molar-refractivity contribution is 8.07. The molecule has 0 aliphatic carbocycles. The van der Waals surface area contributed by atoms with Crippen LogP contribution in [-0.4, -0.2) is 28.6 Å². The SMILES string of the molecule is COc1ccc(C(NN)C2CSC(C)C(C)S2)cc1. The van der Waals surface area contributed by atoms with Crippen LogP contribution < -0.4 is 16.0 Å². The molecular formula is C14H22N2OS2. The summed E-state index contributed by atoms with van der Waals surface area (Å²) in [4.78, 5) is 0. The number of hydrogen-bond donors (Lipinski definition) is 2. The smallest absolute Gasteiger partial charge is 0.118 e. The molecule has 0 bridgehead atoms. The Kier molecular flexibility index (Phi) is 5.45. The fourth-order valence-corrected chi connectivity index (χ4v) is 5.31. The lowest BCUT2D eigenvalue weighted by atomic mass is 10.0. The first-order valence-corrected chi connectivity index (χ1v) is 8.52. The Morgan fingerprint density at radius 3 is 2.47 bits per heavy atom. The number of hydrogen-bond acceptors (Lipinski definition) is 5. The van der Waals surface area contributed by atoms with Crippen LogP contribution in [0.5, 0.6) is 5.75 Å². The zero-order valence-corrected chi connectivity index (χ0v) is 13.3. The second-order valence-electron chi connectivity index (χ2n) is 4.84. The molecule has 2 rings (SSSR count). The quantitative estimate of drug-likeness (QED) is 0.661. The summed E-state index contributed by atoms with van der Waals surface area (Å²) in [6.45, 7) is 4.60. The number of nitrogens with one attached hydrogen (secondary N) is 1. The predicted molar refractivity (Wildman–Crippen MR) is 85.8 cm³/mol. The van der Waals surface area contributed by atoms with Gasteiger partial charge in [0, 0.05) is 21.5 Å². The average Bonchev–Trinajstić information content (AvgIpc) is 2.44. The first-order valence-electron chi connectivity index (χ1n) is 6.53. The Hall–Kier alpha value is -0.360. The molecule has 1 fully saturated rings. The maximum atomic E-state index is 5.78. The van der Waals surface area contributed by atoms with Crippen LogP contribution in [0.1, 0.15) is 25.5 Å². The lowest BCUT2D eigenvalue weighted by molar-refractivity contribution is 0.414. The van der Waals surface area contributed by atoms with Gasteiger partial charge in [0.25, 0.3) is 0 Å². The molecule has 1 aliphatic rings. The van der Waals surface area contributed by atoms with Gasteiger partial charge in [0.2, 0.25) is 0 Å². The molecular weight excluding hydrogens is 276 g/mol. The second kappa shape index (κ2) is 6.88. The summed E-state index contributed by atoms with van der Waals surface area (Å²) < 4.78 is 5.20. The predicted octanol–water partition coefficient (Wildman–Crippen LogP) is 2.83. The van der Waals surface area contributed by atoms with E-state index < -0.39 is 0 Å². The first-order chi connectivity index (χ1) is 9.15. The van der Waals surface area contributed by atoms with Gasteiger partial charge in [0.1, 0.15) is 5.75 Å². The third-order valence-electron chi connectivity index (χ3n) is 3.60. The van der Waals surface area contributed by atoms with Crippen LogP contribution in [0.15, 0.2) is 24.3 Å². The van der Waals surface area contributed by atoms with Crippen LogP contribution in [0, 0.1) is 0 Å². The van der Waals surface area contributed by atoms with Crippen LogP contribution in [0.25, 0.3) is 0 Å². The molecule has 1 aromatic carbocycles. The summed E-state index contributed by atoms with van der Waals surface area (Å²) in [6.07, 6.45) is 0. The lowest BCUT2D eigenvalue weighted by Crippen LogP contribution is -2.40. The maximum absolute atomic E-state index is 5.78. The van der Waals surface area contributed by atoms with Crippen molar-refractivity contribution in [3.63, 3.8) is 0 Å². The van der Waals surface area contributed by atoms with Crippen molar-refractivity contribution < 1.29 is 4.74 Å². The number of ether oxygens (including phenoxy) is 1. The second-order valence-corrected chi connectivity index (χ2v) is 7.87. The van der Waals surface area contributed by atoms with E-state index >= 15 is 0 Å². The Morgan fingerprint density at radius 2 is 1.95 bits per heavy atom. The average molecular weight is 298 g/mol. The molecule has 1 aromatic rings. The number of methoxy groups -OCH3 is 1. The van der Waals surface area contributed by atoms with E-state index in [9.17, 15) is 0 Å².